The highest BCUT2D eigenvalue weighted by molar-refractivity contribution is 6.00. The molecule has 0 fully saturated rings. The second-order valence-corrected chi connectivity index (χ2v) is 5.06. The fourth-order valence-corrected chi connectivity index (χ4v) is 2.00. The number of hydrogen-bond donors (Lipinski definition) is 2. The first-order valence-corrected chi connectivity index (χ1v) is 6.70. The van der Waals surface area contributed by atoms with Gasteiger partial charge in [0, 0.05) is 18.3 Å². The van der Waals surface area contributed by atoms with E-state index in [1.54, 1.807) is 12.1 Å². The van der Waals surface area contributed by atoms with E-state index in [0.29, 0.717) is 29.3 Å². The first kappa shape index (κ1) is 14.5. The molecule has 3 N–H and O–H groups in total. The van der Waals surface area contributed by atoms with Gasteiger partial charge in [-0.15, -0.1) is 0 Å². The van der Waals surface area contributed by atoms with Gasteiger partial charge in [0.25, 0.3) is 5.91 Å². The Labute approximate surface area is 118 Å². The topological polar surface area (TPSA) is 76.8 Å². The van der Waals surface area contributed by atoms with E-state index in [0.717, 1.165) is 19.4 Å². The summed E-state index contributed by atoms with van der Waals surface area (Å²) in [5.41, 5.74) is 6.70. The van der Waals surface area contributed by atoms with E-state index in [4.69, 9.17) is 15.2 Å². The average Bonchev–Trinajstić information content (AvgIpc) is 2.83. The monoisotopic (exact) mass is 279 g/mol. The third-order valence-corrected chi connectivity index (χ3v) is 3.11. The number of nitrogens with zero attached hydrogens (tertiary/aromatic N) is 1. The largest absolute Gasteiger partial charge is 0.454 e. The molecule has 1 aliphatic heterocycles. The minimum atomic E-state index is -0.175. The van der Waals surface area contributed by atoms with E-state index in [1.165, 1.54) is 0 Å². The summed E-state index contributed by atoms with van der Waals surface area (Å²) >= 11 is 0. The first-order valence-electron chi connectivity index (χ1n) is 6.70. The lowest BCUT2D eigenvalue weighted by molar-refractivity contribution is 0.0953. The van der Waals surface area contributed by atoms with Crippen LogP contribution in [0.1, 0.15) is 23.2 Å². The number of nitrogens with one attached hydrogen (secondary N) is 1. The van der Waals surface area contributed by atoms with E-state index >= 15 is 0 Å². The third kappa shape index (κ3) is 3.54. The number of rotatable bonds is 6. The van der Waals surface area contributed by atoms with Crippen molar-refractivity contribution in [3.63, 3.8) is 0 Å². The SMILES string of the molecule is CN(C)CCCCNC(=O)c1cc2c(cc1N)OCO2. The van der Waals surface area contributed by atoms with Crippen LogP contribution < -0.4 is 20.5 Å². The maximum absolute atomic E-state index is 12.1. The summed E-state index contributed by atoms with van der Waals surface area (Å²) in [6, 6.07) is 3.26. The second-order valence-electron chi connectivity index (χ2n) is 5.06. The minimum absolute atomic E-state index is 0.171. The Morgan fingerprint density at radius 3 is 2.70 bits per heavy atom. The lowest BCUT2D eigenvalue weighted by Gasteiger charge is -2.10. The molecular formula is C14H21N3O3. The van der Waals surface area contributed by atoms with Crippen LogP contribution in [0.3, 0.4) is 0 Å². The Bertz CT molecular complexity index is 489. The van der Waals surface area contributed by atoms with Crippen LogP contribution in [0.4, 0.5) is 5.69 Å². The summed E-state index contributed by atoms with van der Waals surface area (Å²) in [7, 11) is 4.07. The fourth-order valence-electron chi connectivity index (χ4n) is 2.00. The van der Waals surface area contributed by atoms with Crippen molar-refractivity contribution in [3.8, 4) is 11.5 Å². The summed E-state index contributed by atoms with van der Waals surface area (Å²) in [4.78, 5) is 14.2. The molecule has 0 saturated carbocycles. The lowest BCUT2D eigenvalue weighted by atomic mass is 10.1. The molecule has 1 heterocycles. The van der Waals surface area contributed by atoms with Crippen molar-refractivity contribution >= 4 is 11.6 Å². The van der Waals surface area contributed by atoms with Gasteiger partial charge in [-0.25, -0.2) is 0 Å². The Kier molecular flexibility index (Phi) is 4.68. The van der Waals surface area contributed by atoms with E-state index in [9.17, 15) is 4.79 Å². The number of ether oxygens (including phenoxy) is 2. The molecule has 1 aromatic rings. The van der Waals surface area contributed by atoms with Gasteiger partial charge < -0.3 is 25.4 Å². The molecule has 0 bridgehead atoms. The zero-order chi connectivity index (χ0) is 14.5. The molecule has 0 aliphatic carbocycles. The molecule has 2 rings (SSSR count). The van der Waals surface area contributed by atoms with Gasteiger partial charge in [0.2, 0.25) is 6.79 Å². The van der Waals surface area contributed by atoms with Crippen molar-refractivity contribution in [2.45, 2.75) is 12.8 Å². The van der Waals surface area contributed by atoms with Crippen molar-refractivity contribution in [1.29, 1.82) is 0 Å². The number of nitrogens with two attached hydrogens (primary N) is 1. The summed E-state index contributed by atoms with van der Waals surface area (Å²) in [6.45, 7) is 1.83. The molecule has 0 saturated heterocycles. The van der Waals surface area contributed by atoms with E-state index < -0.39 is 0 Å². The Balaban J connectivity index is 1.86. The second kappa shape index (κ2) is 6.47. The van der Waals surface area contributed by atoms with Gasteiger partial charge in [-0.05, 0) is 39.5 Å². The quantitative estimate of drug-likeness (QED) is 0.601. The van der Waals surface area contributed by atoms with Crippen molar-refractivity contribution in [3.05, 3.63) is 17.7 Å². The van der Waals surface area contributed by atoms with E-state index in [-0.39, 0.29) is 12.7 Å². The number of amides is 1. The number of unbranched alkanes of at least 4 members (excludes halogenated alkanes) is 1. The normalized spacial score (nSPS) is 12.8. The van der Waals surface area contributed by atoms with Crippen LogP contribution in [-0.4, -0.2) is 44.8 Å². The van der Waals surface area contributed by atoms with Crippen LogP contribution in [0.15, 0.2) is 12.1 Å². The van der Waals surface area contributed by atoms with Crippen LogP contribution in [-0.2, 0) is 0 Å². The average molecular weight is 279 g/mol. The highest BCUT2D eigenvalue weighted by atomic mass is 16.7. The molecule has 1 aliphatic rings. The smallest absolute Gasteiger partial charge is 0.253 e. The summed E-state index contributed by atoms with van der Waals surface area (Å²) < 4.78 is 10.5. The molecule has 1 amide bonds. The van der Waals surface area contributed by atoms with Gasteiger partial charge >= 0.3 is 0 Å². The lowest BCUT2D eigenvalue weighted by Crippen LogP contribution is -2.26. The van der Waals surface area contributed by atoms with Crippen LogP contribution in [0.5, 0.6) is 11.5 Å². The van der Waals surface area contributed by atoms with Crippen molar-refractivity contribution in [2.75, 3.05) is 39.7 Å². The molecular weight excluding hydrogens is 258 g/mol. The van der Waals surface area contributed by atoms with Crippen molar-refractivity contribution in [2.24, 2.45) is 0 Å². The van der Waals surface area contributed by atoms with Crippen LogP contribution >= 0.6 is 0 Å². The van der Waals surface area contributed by atoms with E-state index in [1.807, 2.05) is 14.1 Å². The number of anilines is 1. The molecule has 20 heavy (non-hydrogen) atoms. The number of carbonyl (C=O) groups is 1. The Morgan fingerprint density at radius 2 is 2.00 bits per heavy atom. The predicted molar refractivity (Wildman–Crippen MR) is 77.1 cm³/mol. The molecule has 1 aromatic carbocycles. The molecule has 6 nitrogen and oxygen atoms in total. The molecule has 0 unspecified atom stereocenters. The molecule has 0 atom stereocenters. The third-order valence-electron chi connectivity index (χ3n) is 3.11. The fraction of sp³-hybridized carbons (Fsp3) is 0.500. The van der Waals surface area contributed by atoms with Crippen molar-refractivity contribution < 1.29 is 14.3 Å². The Hall–Kier alpha value is -1.95. The molecule has 0 radical (unpaired) electrons. The Morgan fingerprint density at radius 1 is 1.30 bits per heavy atom. The van der Waals surface area contributed by atoms with Gasteiger partial charge in [-0.1, -0.05) is 0 Å². The first-order chi connectivity index (χ1) is 9.58. The predicted octanol–water partition coefficient (Wildman–Crippen LogP) is 1.07. The van der Waals surface area contributed by atoms with Crippen LogP contribution in [0.2, 0.25) is 0 Å². The van der Waals surface area contributed by atoms with Gasteiger partial charge in [0.1, 0.15) is 0 Å². The molecule has 110 valence electrons. The van der Waals surface area contributed by atoms with Crippen LogP contribution in [0.25, 0.3) is 0 Å². The summed E-state index contributed by atoms with van der Waals surface area (Å²) in [5, 5.41) is 2.87. The maximum Gasteiger partial charge on any atom is 0.253 e. The standard InChI is InChI=1S/C14H21N3O3/c1-17(2)6-4-3-5-16-14(18)10-7-12-13(8-11(10)15)20-9-19-12/h7-8H,3-6,9,15H2,1-2H3,(H,16,18). The summed E-state index contributed by atoms with van der Waals surface area (Å²) in [5.74, 6) is 0.979. The van der Waals surface area contributed by atoms with Gasteiger partial charge in [-0.2, -0.15) is 0 Å². The number of benzene rings is 1. The highest BCUT2D eigenvalue weighted by Crippen LogP contribution is 2.35. The minimum Gasteiger partial charge on any atom is -0.454 e. The number of fused-ring (bicyclic) bond motifs is 1. The zero-order valence-corrected chi connectivity index (χ0v) is 11.9. The molecule has 0 aromatic heterocycles. The molecule has 6 heteroatoms. The zero-order valence-electron chi connectivity index (χ0n) is 11.9. The number of nitrogen functional groups attached to an aromatic ring is 1. The maximum atomic E-state index is 12.1. The summed E-state index contributed by atoms with van der Waals surface area (Å²) in [6.07, 6.45) is 1.98. The van der Waals surface area contributed by atoms with Crippen molar-refractivity contribution in [1.82, 2.24) is 10.2 Å². The van der Waals surface area contributed by atoms with E-state index in [2.05, 4.69) is 10.2 Å². The van der Waals surface area contributed by atoms with Crippen LogP contribution in [0, 0.1) is 0 Å². The highest BCUT2D eigenvalue weighted by Gasteiger charge is 2.19. The van der Waals surface area contributed by atoms with Gasteiger partial charge in [0.05, 0.1) is 5.56 Å². The number of carbonyl (C=O) groups excluding carboxylic acids is 1. The number of hydrogen-bond acceptors (Lipinski definition) is 5. The molecule has 0 spiro atoms. The van der Waals surface area contributed by atoms with Gasteiger partial charge in [-0.3, -0.25) is 4.79 Å². The van der Waals surface area contributed by atoms with Gasteiger partial charge in [0.15, 0.2) is 11.5 Å².